The molecule has 92 valence electrons. The Labute approximate surface area is 104 Å². The maximum atomic E-state index is 11.5. The van der Waals surface area contributed by atoms with Gasteiger partial charge in [0.1, 0.15) is 6.54 Å². The van der Waals surface area contributed by atoms with Gasteiger partial charge in [0, 0.05) is 18.6 Å². The van der Waals surface area contributed by atoms with Crippen molar-refractivity contribution in [1.29, 1.82) is 0 Å². The largest absolute Gasteiger partial charge is 0.480 e. The molecule has 1 aromatic rings. The van der Waals surface area contributed by atoms with Crippen molar-refractivity contribution >= 4 is 23.6 Å². The first kappa shape index (κ1) is 13.3. The summed E-state index contributed by atoms with van der Waals surface area (Å²) in [5.74, 6) is -1.06. The second kappa shape index (κ2) is 6.10. The molecular weight excluding hydrogens is 244 g/mol. The fraction of sp³-hybridized carbons (Fsp3) is 0.273. The number of nitrogens with zero attached hydrogens (tertiary/aromatic N) is 1. The van der Waals surface area contributed by atoms with Crippen molar-refractivity contribution in [3.05, 3.63) is 34.9 Å². The summed E-state index contributed by atoms with van der Waals surface area (Å²) in [6.07, 6.45) is 0. The van der Waals surface area contributed by atoms with Gasteiger partial charge in [-0.25, -0.2) is 4.79 Å². The maximum absolute atomic E-state index is 11.5. The third-order valence-corrected chi connectivity index (χ3v) is 2.48. The first-order valence-corrected chi connectivity index (χ1v) is 5.32. The van der Waals surface area contributed by atoms with E-state index in [0.29, 0.717) is 5.02 Å². The average Bonchev–Trinajstić information content (AvgIpc) is 2.26. The molecule has 17 heavy (non-hydrogen) atoms. The Bertz CT molecular complexity index is 423. The minimum atomic E-state index is -1.06. The molecule has 0 bridgehead atoms. The van der Waals surface area contributed by atoms with E-state index < -0.39 is 12.0 Å². The molecule has 5 nitrogen and oxygen atoms in total. The number of benzene rings is 1. The van der Waals surface area contributed by atoms with Crippen LogP contribution in [-0.2, 0) is 11.3 Å². The zero-order chi connectivity index (χ0) is 12.8. The van der Waals surface area contributed by atoms with E-state index in [1.807, 2.05) is 6.07 Å². The smallest absolute Gasteiger partial charge is 0.323 e. The zero-order valence-corrected chi connectivity index (χ0v) is 10.1. The van der Waals surface area contributed by atoms with Crippen LogP contribution in [0.25, 0.3) is 0 Å². The van der Waals surface area contributed by atoms with Crippen LogP contribution in [0.5, 0.6) is 0 Å². The van der Waals surface area contributed by atoms with Gasteiger partial charge in [-0.15, -0.1) is 0 Å². The lowest BCUT2D eigenvalue weighted by Gasteiger charge is -2.15. The van der Waals surface area contributed by atoms with Gasteiger partial charge in [0.15, 0.2) is 0 Å². The van der Waals surface area contributed by atoms with E-state index in [0.717, 1.165) is 10.5 Å². The van der Waals surface area contributed by atoms with Crippen LogP contribution < -0.4 is 5.32 Å². The predicted octanol–water partition coefficient (Wildman–Crippen LogP) is 1.57. The number of carbonyl (C=O) groups excluding carboxylic acids is 1. The summed E-state index contributed by atoms with van der Waals surface area (Å²) in [6.45, 7) is -0.0726. The average molecular weight is 257 g/mol. The number of rotatable bonds is 4. The van der Waals surface area contributed by atoms with Gasteiger partial charge in [0.2, 0.25) is 0 Å². The molecule has 2 N–H and O–H groups in total. The first-order valence-electron chi connectivity index (χ1n) is 4.95. The summed E-state index contributed by atoms with van der Waals surface area (Å²) in [4.78, 5) is 23.0. The minimum Gasteiger partial charge on any atom is -0.480 e. The van der Waals surface area contributed by atoms with Gasteiger partial charge in [0.25, 0.3) is 0 Å². The molecule has 1 rings (SSSR count). The number of aliphatic carboxylic acids is 1. The predicted molar refractivity (Wildman–Crippen MR) is 64.0 cm³/mol. The number of hydrogen-bond acceptors (Lipinski definition) is 2. The fourth-order valence-electron chi connectivity index (χ4n) is 1.22. The van der Waals surface area contributed by atoms with E-state index in [9.17, 15) is 9.59 Å². The lowest BCUT2D eigenvalue weighted by atomic mass is 10.2. The molecule has 0 heterocycles. The molecule has 1 aromatic carbocycles. The molecule has 0 saturated heterocycles. The molecule has 0 fully saturated rings. The normalized spacial score (nSPS) is 9.76. The van der Waals surface area contributed by atoms with E-state index in [2.05, 4.69) is 5.32 Å². The Balaban J connectivity index is 2.48. The third-order valence-electron chi connectivity index (χ3n) is 2.11. The Morgan fingerprint density at radius 3 is 2.65 bits per heavy atom. The van der Waals surface area contributed by atoms with Gasteiger partial charge >= 0.3 is 12.0 Å². The van der Waals surface area contributed by atoms with Crippen molar-refractivity contribution in [2.45, 2.75) is 6.54 Å². The van der Waals surface area contributed by atoms with Crippen LogP contribution in [0, 0.1) is 0 Å². The summed E-state index contributed by atoms with van der Waals surface area (Å²) < 4.78 is 0. The van der Waals surface area contributed by atoms with Crippen LogP contribution >= 0.6 is 11.6 Å². The summed E-state index contributed by atoms with van der Waals surface area (Å²) >= 11 is 5.91. The quantitative estimate of drug-likeness (QED) is 0.859. The molecule has 0 atom stereocenters. The number of amides is 2. The van der Waals surface area contributed by atoms with E-state index in [1.54, 1.807) is 18.2 Å². The molecule has 0 aliphatic carbocycles. The monoisotopic (exact) mass is 256 g/mol. The van der Waals surface area contributed by atoms with Gasteiger partial charge in [-0.05, 0) is 11.6 Å². The third kappa shape index (κ3) is 4.32. The molecule has 0 radical (unpaired) electrons. The van der Waals surface area contributed by atoms with Crippen molar-refractivity contribution < 1.29 is 14.7 Å². The Morgan fingerprint density at radius 2 is 2.06 bits per heavy atom. The van der Waals surface area contributed by atoms with Gasteiger partial charge in [-0.2, -0.15) is 0 Å². The van der Waals surface area contributed by atoms with E-state index in [-0.39, 0.29) is 13.1 Å². The van der Waals surface area contributed by atoms with E-state index in [1.165, 1.54) is 7.05 Å². The lowest BCUT2D eigenvalue weighted by Crippen LogP contribution is -2.39. The first-order chi connectivity index (χ1) is 8.00. The number of carboxylic acid groups (broad SMARTS) is 1. The Kier molecular flexibility index (Phi) is 4.78. The number of urea groups is 1. The second-order valence-electron chi connectivity index (χ2n) is 3.50. The minimum absolute atomic E-state index is 0.266. The molecular formula is C11H13ClN2O3. The second-order valence-corrected chi connectivity index (χ2v) is 3.91. The highest BCUT2D eigenvalue weighted by molar-refractivity contribution is 6.31. The Hall–Kier alpha value is -1.75. The highest BCUT2D eigenvalue weighted by Crippen LogP contribution is 2.14. The molecule has 0 saturated carbocycles. The lowest BCUT2D eigenvalue weighted by molar-refractivity contribution is -0.137. The topological polar surface area (TPSA) is 69.6 Å². The summed E-state index contributed by atoms with van der Waals surface area (Å²) in [5.41, 5.74) is 0.784. The van der Waals surface area contributed by atoms with Gasteiger partial charge in [0.05, 0.1) is 0 Å². The van der Waals surface area contributed by atoms with Gasteiger partial charge in [-0.1, -0.05) is 29.8 Å². The molecule has 2 amide bonds. The summed E-state index contributed by atoms with van der Waals surface area (Å²) in [5, 5.41) is 11.7. The van der Waals surface area contributed by atoms with Gasteiger partial charge in [-0.3, -0.25) is 4.79 Å². The van der Waals surface area contributed by atoms with Crippen molar-refractivity contribution in [2.75, 3.05) is 13.6 Å². The van der Waals surface area contributed by atoms with Crippen molar-refractivity contribution in [3.8, 4) is 0 Å². The van der Waals surface area contributed by atoms with Crippen LogP contribution in [0.4, 0.5) is 4.79 Å². The zero-order valence-electron chi connectivity index (χ0n) is 9.31. The van der Waals surface area contributed by atoms with Crippen molar-refractivity contribution in [2.24, 2.45) is 0 Å². The molecule has 6 heteroatoms. The van der Waals surface area contributed by atoms with Crippen molar-refractivity contribution in [3.63, 3.8) is 0 Å². The fourth-order valence-corrected chi connectivity index (χ4v) is 1.42. The number of carboxylic acids is 1. The summed E-state index contributed by atoms with van der Waals surface area (Å²) in [6, 6.07) is 6.68. The van der Waals surface area contributed by atoms with Gasteiger partial charge < -0.3 is 15.3 Å². The number of carbonyl (C=O) groups is 2. The SMILES string of the molecule is CN(CC(=O)O)C(=O)NCc1ccccc1Cl. The van der Waals surface area contributed by atoms with Crippen molar-refractivity contribution in [1.82, 2.24) is 10.2 Å². The number of nitrogens with one attached hydrogen (secondary N) is 1. The molecule has 0 aliphatic rings. The van der Waals surface area contributed by atoms with E-state index in [4.69, 9.17) is 16.7 Å². The van der Waals surface area contributed by atoms with E-state index >= 15 is 0 Å². The standard InChI is InChI=1S/C11H13ClN2O3/c1-14(7-10(15)16)11(17)13-6-8-4-2-3-5-9(8)12/h2-5H,6-7H2,1H3,(H,13,17)(H,15,16). The maximum Gasteiger partial charge on any atom is 0.323 e. The number of halogens is 1. The Morgan fingerprint density at radius 1 is 1.41 bits per heavy atom. The van der Waals surface area contributed by atoms with Crippen LogP contribution in [-0.4, -0.2) is 35.6 Å². The molecule has 0 aliphatic heterocycles. The van der Waals surface area contributed by atoms with Crippen LogP contribution in [0.15, 0.2) is 24.3 Å². The molecule has 0 aromatic heterocycles. The van der Waals surface area contributed by atoms with Crippen LogP contribution in [0.3, 0.4) is 0 Å². The highest BCUT2D eigenvalue weighted by atomic mass is 35.5. The summed E-state index contributed by atoms with van der Waals surface area (Å²) in [7, 11) is 1.41. The number of likely N-dealkylation sites (N-methyl/N-ethyl adjacent to an activating group) is 1. The van der Waals surface area contributed by atoms with Crippen LogP contribution in [0.1, 0.15) is 5.56 Å². The highest BCUT2D eigenvalue weighted by Gasteiger charge is 2.11. The number of hydrogen-bond donors (Lipinski definition) is 2. The molecule has 0 spiro atoms. The van der Waals surface area contributed by atoms with Crippen LogP contribution in [0.2, 0.25) is 5.02 Å². The molecule has 0 unspecified atom stereocenters.